The summed E-state index contributed by atoms with van der Waals surface area (Å²) < 4.78 is 5.12. The van der Waals surface area contributed by atoms with E-state index in [9.17, 15) is 9.59 Å². The van der Waals surface area contributed by atoms with Gasteiger partial charge in [-0.1, -0.05) is 6.58 Å². The number of amides is 1. The zero-order chi connectivity index (χ0) is 9.84. The van der Waals surface area contributed by atoms with Crippen LogP contribution in [0, 0.1) is 0 Å². The van der Waals surface area contributed by atoms with E-state index in [0.717, 1.165) is 0 Å². The van der Waals surface area contributed by atoms with Gasteiger partial charge < -0.3 is 9.64 Å². The van der Waals surface area contributed by atoms with Crippen molar-refractivity contribution in [3.63, 3.8) is 0 Å². The summed E-state index contributed by atoms with van der Waals surface area (Å²) in [6, 6.07) is -0.469. The van der Waals surface area contributed by atoms with Crippen LogP contribution in [0.15, 0.2) is 12.7 Å². The van der Waals surface area contributed by atoms with E-state index in [0.29, 0.717) is 13.2 Å². The molecule has 1 aliphatic heterocycles. The van der Waals surface area contributed by atoms with Gasteiger partial charge in [-0.15, -0.1) is 0 Å². The molecule has 72 valence electrons. The molecule has 1 unspecified atom stereocenters. The first-order valence-corrected chi connectivity index (χ1v) is 4.18. The summed E-state index contributed by atoms with van der Waals surface area (Å²) in [6.07, 6.45) is 1.23. The summed E-state index contributed by atoms with van der Waals surface area (Å²) >= 11 is 0. The molecule has 4 heteroatoms. The SMILES string of the molecule is C=CC(=O)C1COCCN1C(C)=O. The summed E-state index contributed by atoms with van der Waals surface area (Å²) in [4.78, 5) is 23.9. The van der Waals surface area contributed by atoms with Crippen LogP contribution in [0.25, 0.3) is 0 Å². The number of hydrogen-bond donors (Lipinski definition) is 0. The molecule has 0 radical (unpaired) electrons. The number of carbonyl (C=O) groups excluding carboxylic acids is 2. The van der Waals surface area contributed by atoms with E-state index in [-0.39, 0.29) is 18.3 Å². The van der Waals surface area contributed by atoms with Gasteiger partial charge in [-0.05, 0) is 6.08 Å². The molecule has 1 heterocycles. The number of ether oxygens (including phenoxy) is 1. The highest BCUT2D eigenvalue weighted by atomic mass is 16.5. The third kappa shape index (κ3) is 2.15. The molecule has 0 bridgehead atoms. The van der Waals surface area contributed by atoms with Crippen LogP contribution in [0.2, 0.25) is 0 Å². The van der Waals surface area contributed by atoms with Gasteiger partial charge in [0.15, 0.2) is 5.78 Å². The highest BCUT2D eigenvalue weighted by Gasteiger charge is 2.29. The van der Waals surface area contributed by atoms with E-state index < -0.39 is 6.04 Å². The van der Waals surface area contributed by atoms with Crippen LogP contribution in [0.3, 0.4) is 0 Å². The molecule has 0 aromatic heterocycles. The molecule has 0 aromatic rings. The van der Waals surface area contributed by atoms with E-state index in [4.69, 9.17) is 4.74 Å². The summed E-state index contributed by atoms with van der Waals surface area (Å²) in [5.74, 6) is -0.251. The topological polar surface area (TPSA) is 46.6 Å². The van der Waals surface area contributed by atoms with Crippen LogP contribution in [0.5, 0.6) is 0 Å². The lowest BCUT2D eigenvalue weighted by Gasteiger charge is -2.33. The van der Waals surface area contributed by atoms with Crippen molar-refractivity contribution in [1.29, 1.82) is 0 Å². The van der Waals surface area contributed by atoms with Crippen molar-refractivity contribution in [3.8, 4) is 0 Å². The fraction of sp³-hybridized carbons (Fsp3) is 0.556. The van der Waals surface area contributed by atoms with Crippen LogP contribution in [-0.4, -0.2) is 42.4 Å². The monoisotopic (exact) mass is 183 g/mol. The predicted molar refractivity (Wildman–Crippen MR) is 47.2 cm³/mol. The van der Waals surface area contributed by atoms with Gasteiger partial charge in [0, 0.05) is 13.5 Å². The molecule has 1 amide bonds. The number of ketones is 1. The van der Waals surface area contributed by atoms with Crippen LogP contribution in [-0.2, 0) is 14.3 Å². The molecule has 0 aliphatic carbocycles. The molecule has 1 saturated heterocycles. The van der Waals surface area contributed by atoms with E-state index in [2.05, 4.69) is 6.58 Å². The molecule has 0 spiro atoms. The Kier molecular flexibility index (Phi) is 3.19. The fourth-order valence-corrected chi connectivity index (χ4v) is 1.35. The number of nitrogens with zero attached hydrogens (tertiary/aromatic N) is 1. The minimum absolute atomic E-state index is 0.0940. The number of morpholine rings is 1. The van der Waals surface area contributed by atoms with E-state index in [1.807, 2.05) is 0 Å². The third-order valence-corrected chi connectivity index (χ3v) is 2.06. The largest absolute Gasteiger partial charge is 0.377 e. The molecule has 1 fully saturated rings. The van der Waals surface area contributed by atoms with Crippen molar-refractivity contribution < 1.29 is 14.3 Å². The van der Waals surface area contributed by atoms with Crippen LogP contribution in [0.1, 0.15) is 6.92 Å². The molecule has 0 aromatic carbocycles. The predicted octanol–water partition coefficient (Wildman–Crippen LogP) is -0.0112. The Morgan fingerprint density at radius 3 is 2.85 bits per heavy atom. The lowest BCUT2D eigenvalue weighted by molar-refractivity contribution is -0.143. The van der Waals surface area contributed by atoms with Crippen LogP contribution in [0.4, 0.5) is 0 Å². The summed E-state index contributed by atoms with van der Waals surface area (Å²) in [6.45, 7) is 6.11. The van der Waals surface area contributed by atoms with Gasteiger partial charge in [0.2, 0.25) is 5.91 Å². The molecule has 0 N–H and O–H groups in total. The second-order valence-corrected chi connectivity index (χ2v) is 2.91. The van der Waals surface area contributed by atoms with E-state index in [1.165, 1.54) is 17.9 Å². The fourth-order valence-electron chi connectivity index (χ4n) is 1.35. The van der Waals surface area contributed by atoms with Gasteiger partial charge in [-0.3, -0.25) is 9.59 Å². The van der Waals surface area contributed by atoms with Crippen LogP contribution < -0.4 is 0 Å². The average molecular weight is 183 g/mol. The maximum Gasteiger partial charge on any atom is 0.220 e. The van der Waals surface area contributed by atoms with Gasteiger partial charge in [0.25, 0.3) is 0 Å². The van der Waals surface area contributed by atoms with E-state index >= 15 is 0 Å². The maximum atomic E-state index is 11.3. The quantitative estimate of drug-likeness (QED) is 0.566. The summed E-state index contributed by atoms with van der Waals surface area (Å²) in [5, 5.41) is 0. The van der Waals surface area contributed by atoms with Crippen LogP contribution >= 0.6 is 0 Å². The maximum absolute atomic E-state index is 11.3. The highest BCUT2D eigenvalue weighted by Crippen LogP contribution is 2.08. The molecule has 0 saturated carbocycles. The third-order valence-electron chi connectivity index (χ3n) is 2.06. The van der Waals surface area contributed by atoms with Gasteiger partial charge in [-0.2, -0.15) is 0 Å². The molecule has 1 atom stereocenters. The lowest BCUT2D eigenvalue weighted by atomic mass is 10.1. The van der Waals surface area contributed by atoms with Gasteiger partial charge in [0.1, 0.15) is 6.04 Å². The Labute approximate surface area is 77.2 Å². The van der Waals surface area contributed by atoms with Crippen molar-refractivity contribution in [2.75, 3.05) is 19.8 Å². The Hall–Kier alpha value is -1.16. The van der Waals surface area contributed by atoms with Gasteiger partial charge >= 0.3 is 0 Å². The van der Waals surface area contributed by atoms with Gasteiger partial charge in [-0.25, -0.2) is 0 Å². The number of hydrogen-bond acceptors (Lipinski definition) is 3. The first-order chi connectivity index (χ1) is 6.16. The normalized spacial score (nSPS) is 22.5. The first-order valence-electron chi connectivity index (χ1n) is 4.18. The van der Waals surface area contributed by atoms with Crippen molar-refractivity contribution >= 4 is 11.7 Å². The molecule has 1 rings (SSSR count). The Morgan fingerprint density at radius 1 is 1.62 bits per heavy atom. The van der Waals surface area contributed by atoms with E-state index in [1.54, 1.807) is 0 Å². The second-order valence-electron chi connectivity index (χ2n) is 2.91. The smallest absolute Gasteiger partial charge is 0.220 e. The summed E-state index contributed by atoms with van der Waals surface area (Å²) in [7, 11) is 0. The van der Waals surface area contributed by atoms with Crippen molar-refractivity contribution in [1.82, 2.24) is 4.90 Å². The minimum Gasteiger partial charge on any atom is -0.377 e. The standard InChI is InChI=1S/C9H13NO3/c1-3-9(12)8-6-13-5-4-10(8)7(2)11/h3,8H,1,4-6H2,2H3. The highest BCUT2D eigenvalue weighted by molar-refractivity contribution is 5.96. The molecular formula is C9H13NO3. The van der Waals surface area contributed by atoms with Crippen molar-refractivity contribution in [2.24, 2.45) is 0 Å². The molecule has 1 aliphatic rings. The van der Waals surface area contributed by atoms with Crippen molar-refractivity contribution in [2.45, 2.75) is 13.0 Å². The Bertz CT molecular complexity index is 237. The Morgan fingerprint density at radius 2 is 2.31 bits per heavy atom. The number of carbonyl (C=O) groups is 2. The zero-order valence-corrected chi connectivity index (χ0v) is 7.66. The molecule has 4 nitrogen and oxygen atoms in total. The average Bonchev–Trinajstić information content (AvgIpc) is 2.16. The first kappa shape index (κ1) is 9.92. The Balaban J connectivity index is 2.72. The van der Waals surface area contributed by atoms with Crippen molar-refractivity contribution in [3.05, 3.63) is 12.7 Å². The molecular weight excluding hydrogens is 170 g/mol. The summed E-state index contributed by atoms with van der Waals surface area (Å²) in [5.41, 5.74) is 0. The number of rotatable bonds is 2. The molecule has 13 heavy (non-hydrogen) atoms. The minimum atomic E-state index is -0.469. The second kappa shape index (κ2) is 4.18. The zero-order valence-electron chi connectivity index (χ0n) is 7.66. The lowest BCUT2D eigenvalue weighted by Crippen LogP contribution is -2.51. The van der Waals surface area contributed by atoms with Gasteiger partial charge in [0.05, 0.1) is 13.2 Å².